The van der Waals surface area contributed by atoms with Crippen LogP contribution in [0.25, 0.3) is 0 Å². The van der Waals surface area contributed by atoms with E-state index >= 15 is 0 Å². The molecular formula is C19H22N2O3. The van der Waals surface area contributed by atoms with Gasteiger partial charge in [-0.25, -0.2) is 0 Å². The highest BCUT2D eigenvalue weighted by Crippen LogP contribution is 2.25. The van der Waals surface area contributed by atoms with Crippen LogP contribution in [0.1, 0.15) is 53.5 Å². The Morgan fingerprint density at radius 2 is 2.04 bits per heavy atom. The SMILES string of the molecule is CC[C@@H]1CCCCN1C(=O)c1ccccc1NC(=O)c1ccco1. The molecule has 0 saturated carbocycles. The highest BCUT2D eigenvalue weighted by molar-refractivity contribution is 6.07. The lowest BCUT2D eigenvalue weighted by molar-refractivity contribution is 0.0609. The van der Waals surface area contributed by atoms with E-state index in [-0.39, 0.29) is 23.6 Å². The third-order valence-corrected chi connectivity index (χ3v) is 4.51. The molecule has 0 spiro atoms. The Morgan fingerprint density at radius 3 is 2.79 bits per heavy atom. The van der Waals surface area contributed by atoms with Crippen molar-refractivity contribution >= 4 is 17.5 Å². The van der Waals surface area contributed by atoms with Crippen molar-refractivity contribution in [3.8, 4) is 0 Å². The zero-order valence-corrected chi connectivity index (χ0v) is 13.8. The Kier molecular flexibility index (Phi) is 4.99. The first-order valence-corrected chi connectivity index (χ1v) is 8.45. The molecule has 0 radical (unpaired) electrons. The van der Waals surface area contributed by atoms with Crippen LogP contribution in [0.3, 0.4) is 0 Å². The molecule has 5 nitrogen and oxygen atoms in total. The number of nitrogens with one attached hydrogen (secondary N) is 1. The summed E-state index contributed by atoms with van der Waals surface area (Å²) in [6.45, 7) is 2.89. The fourth-order valence-electron chi connectivity index (χ4n) is 3.22. The Morgan fingerprint density at radius 1 is 1.21 bits per heavy atom. The highest BCUT2D eigenvalue weighted by atomic mass is 16.3. The molecule has 0 aliphatic carbocycles. The van der Waals surface area contributed by atoms with Crippen molar-refractivity contribution < 1.29 is 14.0 Å². The van der Waals surface area contributed by atoms with Crippen molar-refractivity contribution in [2.24, 2.45) is 0 Å². The fraction of sp³-hybridized carbons (Fsp3) is 0.368. The molecule has 2 heterocycles. The van der Waals surface area contributed by atoms with Crippen molar-refractivity contribution in [1.82, 2.24) is 4.90 Å². The number of anilines is 1. The number of rotatable bonds is 4. The molecule has 0 bridgehead atoms. The number of nitrogens with zero attached hydrogens (tertiary/aromatic N) is 1. The Balaban J connectivity index is 1.83. The Labute approximate surface area is 141 Å². The van der Waals surface area contributed by atoms with Gasteiger partial charge in [0.1, 0.15) is 0 Å². The predicted molar refractivity (Wildman–Crippen MR) is 92.1 cm³/mol. The minimum atomic E-state index is -0.356. The van der Waals surface area contributed by atoms with Gasteiger partial charge in [-0.15, -0.1) is 0 Å². The molecule has 1 saturated heterocycles. The molecule has 24 heavy (non-hydrogen) atoms. The van der Waals surface area contributed by atoms with Gasteiger partial charge in [0.15, 0.2) is 5.76 Å². The lowest BCUT2D eigenvalue weighted by Crippen LogP contribution is -2.43. The smallest absolute Gasteiger partial charge is 0.291 e. The average molecular weight is 326 g/mol. The minimum absolute atomic E-state index is 0.0168. The van der Waals surface area contributed by atoms with Gasteiger partial charge in [-0.05, 0) is 49.9 Å². The summed E-state index contributed by atoms with van der Waals surface area (Å²) in [5.74, 6) is -0.149. The van der Waals surface area contributed by atoms with E-state index < -0.39 is 0 Å². The van der Waals surface area contributed by atoms with Gasteiger partial charge in [-0.2, -0.15) is 0 Å². The summed E-state index contributed by atoms with van der Waals surface area (Å²) in [5, 5.41) is 2.79. The van der Waals surface area contributed by atoms with Crippen LogP contribution < -0.4 is 5.32 Å². The molecule has 1 aromatic carbocycles. The van der Waals surface area contributed by atoms with Crippen molar-refractivity contribution in [3.63, 3.8) is 0 Å². The van der Waals surface area contributed by atoms with Crippen LogP contribution in [0.2, 0.25) is 0 Å². The molecule has 2 amide bonds. The molecule has 1 aliphatic rings. The van der Waals surface area contributed by atoms with E-state index in [0.717, 1.165) is 25.8 Å². The molecule has 1 fully saturated rings. The van der Waals surface area contributed by atoms with Crippen LogP contribution in [-0.4, -0.2) is 29.3 Å². The second-order valence-corrected chi connectivity index (χ2v) is 6.03. The summed E-state index contributed by atoms with van der Waals surface area (Å²) in [4.78, 5) is 27.2. The standard InChI is InChI=1S/C19H22N2O3/c1-2-14-8-5-6-12-21(14)19(23)15-9-3-4-10-16(15)20-18(22)17-11-7-13-24-17/h3-4,7,9-11,13-14H,2,5-6,8,12H2,1H3,(H,20,22)/t14-/m1/s1. The molecule has 5 heteroatoms. The second kappa shape index (κ2) is 7.34. The van der Waals surface area contributed by atoms with Crippen LogP contribution in [0.4, 0.5) is 5.69 Å². The van der Waals surface area contributed by atoms with Crippen molar-refractivity contribution in [1.29, 1.82) is 0 Å². The van der Waals surface area contributed by atoms with Crippen LogP contribution in [-0.2, 0) is 0 Å². The zero-order valence-electron chi connectivity index (χ0n) is 13.8. The molecule has 126 valence electrons. The summed E-state index contributed by atoms with van der Waals surface area (Å²) in [5.41, 5.74) is 1.04. The number of furan rings is 1. The number of hydrogen-bond donors (Lipinski definition) is 1. The molecule has 3 rings (SSSR count). The number of carbonyl (C=O) groups excluding carboxylic acids is 2. The molecule has 1 N–H and O–H groups in total. The van der Waals surface area contributed by atoms with Crippen LogP contribution in [0, 0.1) is 0 Å². The van der Waals surface area contributed by atoms with Crippen LogP contribution in [0.15, 0.2) is 47.1 Å². The van der Waals surface area contributed by atoms with Gasteiger partial charge in [0.2, 0.25) is 0 Å². The topological polar surface area (TPSA) is 62.6 Å². The highest BCUT2D eigenvalue weighted by Gasteiger charge is 2.27. The first-order chi connectivity index (χ1) is 11.7. The lowest BCUT2D eigenvalue weighted by atomic mass is 9.98. The molecule has 2 aromatic rings. The first-order valence-electron chi connectivity index (χ1n) is 8.45. The summed E-state index contributed by atoms with van der Waals surface area (Å²) in [7, 11) is 0. The minimum Gasteiger partial charge on any atom is -0.459 e. The second-order valence-electron chi connectivity index (χ2n) is 6.03. The number of amides is 2. The van der Waals surface area contributed by atoms with E-state index in [0.29, 0.717) is 11.3 Å². The van der Waals surface area contributed by atoms with Crippen LogP contribution >= 0.6 is 0 Å². The lowest BCUT2D eigenvalue weighted by Gasteiger charge is -2.35. The van der Waals surface area contributed by atoms with Gasteiger partial charge in [0.25, 0.3) is 11.8 Å². The Hall–Kier alpha value is -2.56. The van der Waals surface area contributed by atoms with Gasteiger partial charge in [0, 0.05) is 12.6 Å². The van der Waals surface area contributed by atoms with E-state index in [1.54, 1.807) is 24.3 Å². The molecule has 1 aromatic heterocycles. The Bertz CT molecular complexity index is 709. The number of para-hydroxylation sites is 1. The van der Waals surface area contributed by atoms with Gasteiger partial charge >= 0.3 is 0 Å². The van der Waals surface area contributed by atoms with E-state index in [9.17, 15) is 9.59 Å². The van der Waals surface area contributed by atoms with Gasteiger partial charge in [-0.1, -0.05) is 19.1 Å². The number of benzene rings is 1. The normalized spacial score (nSPS) is 17.5. The monoisotopic (exact) mass is 326 g/mol. The quantitative estimate of drug-likeness (QED) is 0.926. The third-order valence-electron chi connectivity index (χ3n) is 4.51. The van der Waals surface area contributed by atoms with Crippen molar-refractivity contribution in [2.75, 3.05) is 11.9 Å². The number of piperidine rings is 1. The van der Waals surface area contributed by atoms with Crippen molar-refractivity contribution in [2.45, 2.75) is 38.6 Å². The summed E-state index contributed by atoms with van der Waals surface area (Å²) in [6.07, 6.45) is 5.64. The summed E-state index contributed by atoms with van der Waals surface area (Å²) in [6, 6.07) is 10.7. The largest absolute Gasteiger partial charge is 0.459 e. The first kappa shape index (κ1) is 16.3. The van der Waals surface area contributed by atoms with E-state index in [1.165, 1.54) is 12.7 Å². The number of hydrogen-bond acceptors (Lipinski definition) is 3. The zero-order chi connectivity index (χ0) is 16.9. The third kappa shape index (κ3) is 3.35. The molecule has 1 aliphatic heterocycles. The van der Waals surface area contributed by atoms with Crippen molar-refractivity contribution in [3.05, 3.63) is 54.0 Å². The molecule has 1 atom stereocenters. The van der Waals surface area contributed by atoms with Gasteiger partial charge in [-0.3, -0.25) is 9.59 Å². The predicted octanol–water partition coefficient (Wildman–Crippen LogP) is 3.94. The number of carbonyl (C=O) groups is 2. The summed E-state index contributed by atoms with van der Waals surface area (Å²) < 4.78 is 5.11. The summed E-state index contributed by atoms with van der Waals surface area (Å²) >= 11 is 0. The molecule has 0 unspecified atom stereocenters. The average Bonchev–Trinajstić information content (AvgIpc) is 3.16. The molecular weight excluding hydrogens is 304 g/mol. The van der Waals surface area contributed by atoms with E-state index in [2.05, 4.69) is 12.2 Å². The van der Waals surface area contributed by atoms with Gasteiger partial charge in [0.05, 0.1) is 17.5 Å². The fourth-order valence-corrected chi connectivity index (χ4v) is 3.22. The maximum Gasteiger partial charge on any atom is 0.291 e. The van der Waals surface area contributed by atoms with Gasteiger partial charge < -0.3 is 14.6 Å². The van der Waals surface area contributed by atoms with Crippen LogP contribution in [0.5, 0.6) is 0 Å². The maximum atomic E-state index is 13.0. The van der Waals surface area contributed by atoms with E-state index in [4.69, 9.17) is 4.42 Å². The number of likely N-dealkylation sites (tertiary alicyclic amines) is 1. The maximum absolute atomic E-state index is 13.0. The van der Waals surface area contributed by atoms with E-state index in [1.807, 2.05) is 17.0 Å².